The zero-order valence-corrected chi connectivity index (χ0v) is 7.58. The first-order valence-electron chi connectivity index (χ1n) is 4.48. The Morgan fingerprint density at radius 1 is 1.21 bits per heavy atom. The largest absolute Gasteiger partial charge is 0.464 e. The smallest absolute Gasteiger partial charge is 0.135 e. The first-order chi connectivity index (χ1) is 6.83. The van der Waals surface area contributed by atoms with E-state index in [1.54, 1.807) is 6.26 Å². The summed E-state index contributed by atoms with van der Waals surface area (Å²) in [7, 11) is 0. The number of hydrogen-bond acceptors (Lipinski definition) is 2. The summed E-state index contributed by atoms with van der Waals surface area (Å²) < 4.78 is 5.33. The van der Waals surface area contributed by atoms with E-state index in [0.29, 0.717) is 0 Å². The van der Waals surface area contributed by atoms with Crippen LogP contribution >= 0.6 is 0 Å². The third-order valence-electron chi connectivity index (χ3n) is 2.38. The lowest BCUT2D eigenvalue weighted by atomic mass is 10.1. The molecular formula is C12H9NO. The molecule has 1 aromatic carbocycles. The van der Waals surface area contributed by atoms with Gasteiger partial charge in [0.1, 0.15) is 5.58 Å². The van der Waals surface area contributed by atoms with Crippen LogP contribution < -0.4 is 5.32 Å². The second-order valence-electron chi connectivity index (χ2n) is 3.38. The van der Waals surface area contributed by atoms with E-state index >= 15 is 0 Å². The fourth-order valence-corrected chi connectivity index (χ4v) is 1.68. The van der Waals surface area contributed by atoms with Gasteiger partial charge in [-0.2, -0.15) is 0 Å². The average molecular weight is 183 g/mol. The number of rotatable bonds is 0. The van der Waals surface area contributed by atoms with Crippen LogP contribution in [0.5, 0.6) is 0 Å². The Hall–Kier alpha value is -1.96. The van der Waals surface area contributed by atoms with Crippen LogP contribution in [0.4, 0.5) is 5.69 Å². The summed E-state index contributed by atoms with van der Waals surface area (Å²) >= 11 is 0. The molecule has 0 amide bonds. The average Bonchev–Trinajstić information content (AvgIpc) is 2.61. The highest BCUT2D eigenvalue weighted by Gasteiger charge is 2.08. The lowest BCUT2D eigenvalue weighted by Gasteiger charge is -2.14. The minimum absolute atomic E-state index is 0.902. The van der Waals surface area contributed by atoms with Crippen LogP contribution in [-0.4, -0.2) is 0 Å². The summed E-state index contributed by atoms with van der Waals surface area (Å²) in [5.74, 6) is 0. The molecule has 2 heteroatoms. The molecule has 0 bridgehead atoms. The summed E-state index contributed by atoms with van der Waals surface area (Å²) in [4.78, 5) is 0. The van der Waals surface area contributed by atoms with Gasteiger partial charge in [0, 0.05) is 22.8 Å². The highest BCUT2D eigenvalue weighted by molar-refractivity contribution is 5.88. The van der Waals surface area contributed by atoms with Crippen LogP contribution in [0.2, 0.25) is 0 Å². The Bertz CT molecular complexity index is 548. The topological polar surface area (TPSA) is 25.2 Å². The Kier molecular flexibility index (Phi) is 1.34. The van der Waals surface area contributed by atoms with Crippen LogP contribution in [0.1, 0.15) is 5.56 Å². The van der Waals surface area contributed by atoms with Crippen molar-refractivity contribution in [3.63, 3.8) is 0 Å². The van der Waals surface area contributed by atoms with Gasteiger partial charge in [-0.1, -0.05) is 12.7 Å². The predicted octanol–water partition coefficient (Wildman–Crippen LogP) is 3.39. The SMILES string of the molecule is C=C1C=Cc2cc3ccoc3cc2N1. The second-order valence-corrected chi connectivity index (χ2v) is 3.38. The molecule has 1 aliphatic heterocycles. The summed E-state index contributed by atoms with van der Waals surface area (Å²) in [5, 5.41) is 4.33. The number of hydrogen-bond donors (Lipinski definition) is 1. The van der Waals surface area contributed by atoms with E-state index in [-0.39, 0.29) is 0 Å². The maximum atomic E-state index is 5.33. The summed E-state index contributed by atoms with van der Waals surface area (Å²) in [5.41, 5.74) is 4.04. The van der Waals surface area contributed by atoms with Gasteiger partial charge in [0.15, 0.2) is 0 Å². The van der Waals surface area contributed by atoms with E-state index in [1.807, 2.05) is 18.2 Å². The van der Waals surface area contributed by atoms with Gasteiger partial charge >= 0.3 is 0 Å². The van der Waals surface area contributed by atoms with E-state index in [1.165, 1.54) is 5.56 Å². The van der Waals surface area contributed by atoms with Crippen LogP contribution in [0, 0.1) is 0 Å². The Morgan fingerprint density at radius 3 is 3.07 bits per heavy atom. The van der Waals surface area contributed by atoms with Gasteiger partial charge in [-0.05, 0) is 23.8 Å². The first kappa shape index (κ1) is 7.44. The van der Waals surface area contributed by atoms with Gasteiger partial charge in [0.25, 0.3) is 0 Å². The lowest BCUT2D eigenvalue weighted by molar-refractivity contribution is 0.616. The number of nitrogens with one attached hydrogen (secondary N) is 1. The quantitative estimate of drug-likeness (QED) is 0.677. The summed E-state index contributed by atoms with van der Waals surface area (Å²) in [6, 6.07) is 6.07. The minimum Gasteiger partial charge on any atom is -0.464 e. The molecule has 14 heavy (non-hydrogen) atoms. The Balaban J connectivity index is 2.31. The van der Waals surface area contributed by atoms with Crippen molar-refractivity contribution in [2.75, 3.05) is 5.32 Å². The van der Waals surface area contributed by atoms with Crippen molar-refractivity contribution in [3.8, 4) is 0 Å². The molecule has 1 N–H and O–H groups in total. The molecule has 0 spiro atoms. The lowest BCUT2D eigenvalue weighted by Crippen LogP contribution is -2.00. The highest BCUT2D eigenvalue weighted by atomic mass is 16.3. The van der Waals surface area contributed by atoms with E-state index in [2.05, 4.69) is 24.0 Å². The second kappa shape index (κ2) is 2.51. The van der Waals surface area contributed by atoms with Gasteiger partial charge < -0.3 is 9.73 Å². The number of benzene rings is 1. The standard InChI is InChI=1S/C12H9NO/c1-8-2-3-9-6-10-4-5-14-12(10)7-11(9)13-8/h2-7,13H,1H2. The molecule has 3 rings (SSSR count). The van der Waals surface area contributed by atoms with Crippen molar-refractivity contribution >= 4 is 22.7 Å². The van der Waals surface area contributed by atoms with Crippen LogP contribution in [0.25, 0.3) is 17.0 Å². The van der Waals surface area contributed by atoms with Crippen molar-refractivity contribution in [2.24, 2.45) is 0 Å². The van der Waals surface area contributed by atoms with Crippen LogP contribution in [0.3, 0.4) is 0 Å². The van der Waals surface area contributed by atoms with Crippen molar-refractivity contribution < 1.29 is 4.42 Å². The van der Waals surface area contributed by atoms with Crippen molar-refractivity contribution in [1.82, 2.24) is 0 Å². The Morgan fingerprint density at radius 2 is 2.14 bits per heavy atom. The van der Waals surface area contributed by atoms with Crippen molar-refractivity contribution in [3.05, 3.63) is 48.4 Å². The maximum Gasteiger partial charge on any atom is 0.135 e. The molecule has 2 nitrogen and oxygen atoms in total. The van der Waals surface area contributed by atoms with Gasteiger partial charge in [-0.3, -0.25) is 0 Å². The number of allylic oxidation sites excluding steroid dienone is 1. The Labute approximate surface area is 81.5 Å². The van der Waals surface area contributed by atoms with Crippen molar-refractivity contribution in [1.29, 1.82) is 0 Å². The zero-order chi connectivity index (χ0) is 9.54. The van der Waals surface area contributed by atoms with Gasteiger partial charge in [0.05, 0.1) is 6.26 Å². The molecule has 2 aromatic rings. The van der Waals surface area contributed by atoms with E-state index in [4.69, 9.17) is 4.42 Å². The molecule has 0 atom stereocenters. The highest BCUT2D eigenvalue weighted by Crippen LogP contribution is 2.29. The molecule has 1 aliphatic rings. The molecule has 1 aromatic heterocycles. The van der Waals surface area contributed by atoms with Crippen molar-refractivity contribution in [2.45, 2.75) is 0 Å². The molecular weight excluding hydrogens is 174 g/mol. The zero-order valence-electron chi connectivity index (χ0n) is 7.58. The molecule has 0 saturated carbocycles. The first-order valence-corrected chi connectivity index (χ1v) is 4.48. The minimum atomic E-state index is 0.902. The van der Waals surface area contributed by atoms with E-state index in [0.717, 1.165) is 22.4 Å². The summed E-state index contributed by atoms with van der Waals surface area (Å²) in [6.45, 7) is 3.85. The fourth-order valence-electron chi connectivity index (χ4n) is 1.68. The van der Waals surface area contributed by atoms with Gasteiger partial charge in [0.2, 0.25) is 0 Å². The normalized spacial score (nSPS) is 14.1. The third kappa shape index (κ3) is 0.973. The van der Waals surface area contributed by atoms with Gasteiger partial charge in [-0.15, -0.1) is 0 Å². The van der Waals surface area contributed by atoms with Gasteiger partial charge in [-0.25, -0.2) is 0 Å². The molecule has 0 fully saturated rings. The molecule has 0 unspecified atom stereocenters. The molecule has 2 heterocycles. The monoisotopic (exact) mass is 183 g/mol. The number of anilines is 1. The fraction of sp³-hybridized carbons (Fsp3) is 0. The molecule has 0 aliphatic carbocycles. The summed E-state index contributed by atoms with van der Waals surface area (Å²) in [6.07, 6.45) is 5.73. The maximum absolute atomic E-state index is 5.33. The molecule has 0 saturated heterocycles. The number of furan rings is 1. The molecule has 0 radical (unpaired) electrons. The van der Waals surface area contributed by atoms with E-state index < -0.39 is 0 Å². The third-order valence-corrected chi connectivity index (χ3v) is 2.38. The number of fused-ring (bicyclic) bond motifs is 2. The molecule has 68 valence electrons. The van der Waals surface area contributed by atoms with Crippen LogP contribution in [-0.2, 0) is 0 Å². The van der Waals surface area contributed by atoms with Crippen LogP contribution in [0.15, 0.2) is 47.2 Å². The predicted molar refractivity (Wildman–Crippen MR) is 58.0 cm³/mol. The van der Waals surface area contributed by atoms with E-state index in [9.17, 15) is 0 Å².